The molecule has 4 aliphatic heterocycles. The first-order valence-corrected chi connectivity index (χ1v) is 22.4. The number of carbonyl (C=O) groups is 4. The normalized spacial score (nSPS) is 20.6. The molecule has 0 aliphatic carbocycles. The Morgan fingerprint density at radius 2 is 0.873 bits per heavy atom. The molecule has 4 saturated heterocycles. The van der Waals surface area contributed by atoms with Crippen LogP contribution in [0.1, 0.15) is 150 Å². The molecule has 16 heteroatoms. The van der Waals surface area contributed by atoms with Crippen molar-refractivity contribution in [1.29, 1.82) is 0 Å². The average Bonchev–Trinajstić information content (AvgIpc) is 3.40. The summed E-state index contributed by atoms with van der Waals surface area (Å²) in [6.45, 7) is 31.0. The van der Waals surface area contributed by atoms with Crippen LogP contribution in [0.2, 0.25) is 0 Å². The van der Waals surface area contributed by atoms with Crippen molar-refractivity contribution in [3.8, 4) is 0 Å². The van der Waals surface area contributed by atoms with Crippen molar-refractivity contribution in [2.45, 2.75) is 163 Å². The van der Waals surface area contributed by atoms with Gasteiger partial charge in [0, 0.05) is 44.8 Å². The van der Waals surface area contributed by atoms with Gasteiger partial charge in [-0.1, -0.05) is 37.1 Å². The molecular formula is C47H73B2N3O11. The topological polar surface area (TPSA) is 154 Å². The number of hydrogen-bond acceptors (Lipinski definition) is 10. The van der Waals surface area contributed by atoms with Gasteiger partial charge in [0.25, 0.3) is 5.91 Å². The van der Waals surface area contributed by atoms with Crippen LogP contribution in [0.4, 0.5) is 9.59 Å². The molecule has 2 aromatic rings. The number of nitrogens with zero attached hydrogens (tertiary/aromatic N) is 3. The zero-order valence-corrected chi connectivity index (χ0v) is 40.4. The number of likely N-dealkylation sites (tertiary alicyclic amines) is 1. The standard InChI is InChI=1S/C23H35BN2O5.C13H17BO4.C11H21NO2/c1-21(2,3)29-20(28)26-13-9-12-25(14-15-26)19(27)17-10-8-11-18(16-17)24-30-22(4,5)23(6,7)31-24;1-12(2)13(3,4)18-14(17-12)10-7-5-6-9(8-10)11(15)16;1-11(2,3)14-10(13)12-8-6-4-5-7-9-12/h8,10-11,16H,9,12-15H2,1-7H3;5-8H,1-4H3,(H,15,16);4-9H2,1-3H3. The highest BCUT2D eigenvalue weighted by Gasteiger charge is 2.53. The van der Waals surface area contributed by atoms with Gasteiger partial charge in [0.2, 0.25) is 0 Å². The largest absolute Gasteiger partial charge is 0.494 e. The lowest BCUT2D eigenvalue weighted by atomic mass is 9.78. The molecule has 4 aliphatic rings. The molecule has 0 atom stereocenters. The Balaban J connectivity index is 0.000000230. The molecule has 0 saturated carbocycles. The van der Waals surface area contributed by atoms with Crippen molar-refractivity contribution in [2.24, 2.45) is 0 Å². The Bertz CT molecular complexity index is 1870. The van der Waals surface area contributed by atoms with E-state index < -0.39 is 48.2 Å². The van der Waals surface area contributed by atoms with Gasteiger partial charge in [0.1, 0.15) is 11.2 Å². The molecule has 3 amide bonds. The zero-order valence-electron chi connectivity index (χ0n) is 40.4. The van der Waals surface area contributed by atoms with E-state index in [1.165, 1.54) is 12.8 Å². The molecular weight excluding hydrogens is 804 g/mol. The fourth-order valence-electron chi connectivity index (χ4n) is 6.99. The number of amides is 3. The molecule has 6 rings (SSSR count). The van der Waals surface area contributed by atoms with Gasteiger partial charge in [-0.2, -0.15) is 0 Å². The molecule has 0 aromatic heterocycles. The van der Waals surface area contributed by atoms with Crippen molar-refractivity contribution in [2.75, 3.05) is 39.3 Å². The predicted octanol–water partition coefficient (Wildman–Crippen LogP) is 7.55. The van der Waals surface area contributed by atoms with Gasteiger partial charge in [-0.15, -0.1) is 0 Å². The zero-order chi connectivity index (χ0) is 47.2. The lowest BCUT2D eigenvalue weighted by Crippen LogP contribution is -2.41. The lowest BCUT2D eigenvalue weighted by molar-refractivity contribution is 0.00578. The van der Waals surface area contributed by atoms with Crippen LogP contribution < -0.4 is 10.9 Å². The molecule has 0 radical (unpaired) electrons. The number of carboxylic acid groups (broad SMARTS) is 1. The Morgan fingerprint density at radius 3 is 1.29 bits per heavy atom. The van der Waals surface area contributed by atoms with E-state index in [2.05, 4.69) is 0 Å². The van der Waals surface area contributed by atoms with E-state index in [0.717, 1.165) is 36.9 Å². The minimum absolute atomic E-state index is 0.0515. The highest BCUT2D eigenvalue weighted by Crippen LogP contribution is 2.37. The number of benzene rings is 2. The molecule has 63 heavy (non-hydrogen) atoms. The maximum absolute atomic E-state index is 13.2. The average molecular weight is 878 g/mol. The molecule has 1 N–H and O–H groups in total. The van der Waals surface area contributed by atoms with E-state index in [0.29, 0.717) is 38.2 Å². The molecule has 0 unspecified atom stereocenters. The van der Waals surface area contributed by atoms with Crippen molar-refractivity contribution in [3.63, 3.8) is 0 Å². The molecule has 348 valence electrons. The third-order valence-corrected chi connectivity index (χ3v) is 12.0. The maximum atomic E-state index is 13.2. The summed E-state index contributed by atoms with van der Waals surface area (Å²) >= 11 is 0. The second kappa shape index (κ2) is 20.4. The number of rotatable bonds is 4. The Labute approximate surface area is 376 Å². The van der Waals surface area contributed by atoms with Crippen LogP contribution in [-0.2, 0) is 28.1 Å². The smallest absolute Gasteiger partial charge is 0.478 e. The Kier molecular flexibility index (Phi) is 16.7. The summed E-state index contributed by atoms with van der Waals surface area (Å²) in [4.78, 5) is 53.5. The van der Waals surface area contributed by atoms with Crippen LogP contribution in [0.15, 0.2) is 48.5 Å². The van der Waals surface area contributed by atoms with E-state index in [4.69, 9.17) is 33.2 Å². The van der Waals surface area contributed by atoms with Crippen LogP contribution in [0.25, 0.3) is 0 Å². The molecule has 14 nitrogen and oxygen atoms in total. The van der Waals surface area contributed by atoms with Crippen molar-refractivity contribution < 1.29 is 52.4 Å². The molecule has 4 fully saturated rings. The predicted molar refractivity (Wildman–Crippen MR) is 246 cm³/mol. The van der Waals surface area contributed by atoms with Gasteiger partial charge in [0.15, 0.2) is 0 Å². The first-order chi connectivity index (χ1) is 29.0. The maximum Gasteiger partial charge on any atom is 0.494 e. The Morgan fingerprint density at radius 1 is 0.524 bits per heavy atom. The fraction of sp³-hybridized carbons (Fsp3) is 0.660. The first-order valence-electron chi connectivity index (χ1n) is 22.4. The molecule has 4 heterocycles. The summed E-state index contributed by atoms with van der Waals surface area (Å²) < 4.78 is 34.8. The van der Waals surface area contributed by atoms with Crippen LogP contribution in [0, 0.1) is 0 Å². The molecule has 0 spiro atoms. The number of aromatic carboxylic acids is 1. The van der Waals surface area contributed by atoms with Crippen LogP contribution in [0.3, 0.4) is 0 Å². The fourth-order valence-corrected chi connectivity index (χ4v) is 6.99. The molecule has 2 aromatic carbocycles. The second-order valence-corrected chi connectivity index (χ2v) is 20.7. The summed E-state index contributed by atoms with van der Waals surface area (Å²) in [6, 6.07) is 14.1. The Hall–Kier alpha value is -4.11. The minimum atomic E-state index is -0.951. The minimum Gasteiger partial charge on any atom is -0.478 e. The van der Waals surface area contributed by atoms with Gasteiger partial charge < -0.3 is 47.9 Å². The summed E-state index contributed by atoms with van der Waals surface area (Å²) in [5.41, 5.74) is -0.228. The SMILES string of the molecule is CC(C)(C)OC(=O)N1CCCCCC1.CC(C)(C)OC(=O)N1CCCN(C(=O)c2cccc(B3OC(C)(C)C(C)(C)O3)c2)CC1.CC1(C)OB(c2cccc(C(=O)O)c2)OC1(C)C. The number of ether oxygens (including phenoxy) is 2. The van der Waals surface area contributed by atoms with Crippen LogP contribution in [0.5, 0.6) is 0 Å². The van der Waals surface area contributed by atoms with Crippen LogP contribution in [-0.4, -0.2) is 131 Å². The van der Waals surface area contributed by atoms with E-state index in [1.54, 1.807) is 28.0 Å². The number of carboxylic acids is 1. The first kappa shape index (κ1) is 51.5. The number of hydrogen-bond donors (Lipinski definition) is 1. The summed E-state index contributed by atoms with van der Waals surface area (Å²) in [5.74, 6) is -1.00. The second-order valence-electron chi connectivity index (χ2n) is 20.7. The van der Waals surface area contributed by atoms with Crippen molar-refractivity contribution >= 4 is 49.2 Å². The van der Waals surface area contributed by atoms with E-state index in [9.17, 15) is 19.2 Å². The van der Waals surface area contributed by atoms with Gasteiger partial charge in [0.05, 0.1) is 28.0 Å². The van der Waals surface area contributed by atoms with E-state index in [1.807, 2.05) is 132 Å². The third kappa shape index (κ3) is 14.4. The molecule has 0 bridgehead atoms. The quantitative estimate of drug-likeness (QED) is 0.303. The van der Waals surface area contributed by atoms with Gasteiger partial charge in [-0.05, 0) is 151 Å². The van der Waals surface area contributed by atoms with E-state index >= 15 is 0 Å². The highest BCUT2D eigenvalue weighted by atomic mass is 16.7. The van der Waals surface area contributed by atoms with Gasteiger partial charge in [-0.3, -0.25) is 4.79 Å². The number of carbonyl (C=O) groups excluding carboxylic acids is 3. The van der Waals surface area contributed by atoms with Crippen LogP contribution >= 0.6 is 0 Å². The lowest BCUT2D eigenvalue weighted by Gasteiger charge is -2.32. The van der Waals surface area contributed by atoms with Gasteiger partial charge in [-0.25, -0.2) is 14.4 Å². The summed E-state index contributed by atoms with van der Waals surface area (Å²) in [6.07, 6.45) is 4.92. The highest BCUT2D eigenvalue weighted by molar-refractivity contribution is 6.62. The summed E-state index contributed by atoms with van der Waals surface area (Å²) in [5, 5.41) is 8.98. The van der Waals surface area contributed by atoms with E-state index in [-0.39, 0.29) is 29.3 Å². The monoisotopic (exact) mass is 878 g/mol. The van der Waals surface area contributed by atoms with Gasteiger partial charge >= 0.3 is 32.4 Å². The van der Waals surface area contributed by atoms with Crippen molar-refractivity contribution in [3.05, 3.63) is 59.7 Å². The van der Waals surface area contributed by atoms with Crippen molar-refractivity contribution in [1.82, 2.24) is 14.7 Å². The summed E-state index contributed by atoms with van der Waals surface area (Å²) in [7, 11) is -1.03. The third-order valence-electron chi connectivity index (χ3n) is 12.0.